The van der Waals surface area contributed by atoms with Crippen molar-refractivity contribution in [2.75, 3.05) is 5.32 Å². The van der Waals surface area contributed by atoms with Crippen molar-refractivity contribution < 1.29 is 9.59 Å². The Bertz CT molecular complexity index is 463. The Kier molecular flexibility index (Phi) is 7.11. The lowest BCUT2D eigenvalue weighted by molar-refractivity contribution is -0.117. The highest BCUT2D eigenvalue weighted by atomic mass is 35.5. The van der Waals surface area contributed by atoms with Gasteiger partial charge in [-0.15, -0.1) is 12.4 Å². The minimum absolute atomic E-state index is 0. The van der Waals surface area contributed by atoms with Crippen LogP contribution in [0.4, 0.5) is 5.69 Å². The van der Waals surface area contributed by atoms with Crippen LogP contribution in [0.3, 0.4) is 0 Å². The Morgan fingerprint density at radius 2 is 2.00 bits per heavy atom. The number of hydrogen-bond donors (Lipinski definition) is 3. The van der Waals surface area contributed by atoms with E-state index in [1.807, 2.05) is 13.8 Å². The van der Waals surface area contributed by atoms with E-state index in [4.69, 9.17) is 11.5 Å². The van der Waals surface area contributed by atoms with Crippen LogP contribution < -0.4 is 16.8 Å². The molecule has 0 bridgehead atoms. The molecule has 1 aromatic carbocycles. The molecule has 1 rings (SSSR count). The first kappa shape index (κ1) is 17.4. The molecule has 2 amide bonds. The third kappa shape index (κ3) is 4.89. The Balaban J connectivity index is 0.00000324. The zero-order valence-corrected chi connectivity index (χ0v) is 11.9. The number of primary amides is 1. The van der Waals surface area contributed by atoms with Gasteiger partial charge in [0.25, 0.3) is 0 Å². The molecule has 6 heteroatoms. The molecule has 1 unspecified atom stereocenters. The fourth-order valence-electron chi connectivity index (χ4n) is 1.58. The predicted molar refractivity (Wildman–Crippen MR) is 78.5 cm³/mol. The van der Waals surface area contributed by atoms with Gasteiger partial charge in [-0.2, -0.15) is 0 Å². The molecular weight excluding hydrogens is 266 g/mol. The number of rotatable bonds is 5. The largest absolute Gasteiger partial charge is 0.366 e. The van der Waals surface area contributed by atoms with Crippen LogP contribution in [0.1, 0.15) is 35.7 Å². The van der Waals surface area contributed by atoms with Gasteiger partial charge < -0.3 is 16.8 Å². The number of benzene rings is 1. The van der Waals surface area contributed by atoms with Crippen molar-refractivity contribution in [1.82, 2.24) is 0 Å². The molecule has 0 saturated carbocycles. The molecule has 0 aromatic heterocycles. The Hall–Kier alpha value is -1.59. The van der Waals surface area contributed by atoms with Crippen LogP contribution in [-0.4, -0.2) is 17.9 Å². The number of aryl methyl sites for hydroxylation is 1. The van der Waals surface area contributed by atoms with Gasteiger partial charge in [0.05, 0.1) is 6.04 Å². The normalized spacial score (nSPS) is 11.3. The second kappa shape index (κ2) is 7.76. The highest BCUT2D eigenvalue weighted by Crippen LogP contribution is 2.17. The van der Waals surface area contributed by atoms with Gasteiger partial charge in [-0.05, 0) is 31.0 Å². The average molecular weight is 286 g/mol. The molecule has 0 radical (unpaired) electrons. The second-order valence-electron chi connectivity index (χ2n) is 4.28. The molecule has 0 fully saturated rings. The predicted octanol–water partition coefficient (Wildman–Crippen LogP) is 1.58. The number of halogens is 1. The highest BCUT2D eigenvalue weighted by Gasteiger charge is 2.14. The molecule has 0 saturated heterocycles. The zero-order valence-electron chi connectivity index (χ0n) is 11.1. The molecule has 5 N–H and O–H groups in total. The summed E-state index contributed by atoms with van der Waals surface area (Å²) in [5.41, 5.74) is 12.7. The monoisotopic (exact) mass is 285 g/mol. The standard InChI is InChI=1S/C13H19N3O2.ClH/c1-3-4-10(14)13(18)16-11-7-9(12(15)17)6-5-8(11)2;/h5-7,10H,3-4,14H2,1-2H3,(H2,15,17)(H,16,18);1H. The minimum atomic E-state index is -0.536. The Morgan fingerprint density at radius 1 is 1.37 bits per heavy atom. The van der Waals surface area contributed by atoms with Crippen molar-refractivity contribution in [3.05, 3.63) is 29.3 Å². The molecular formula is C13H20ClN3O2. The Labute approximate surface area is 119 Å². The molecule has 0 spiro atoms. The van der Waals surface area contributed by atoms with Crippen LogP contribution in [-0.2, 0) is 4.79 Å². The summed E-state index contributed by atoms with van der Waals surface area (Å²) in [6, 6.07) is 4.39. The Morgan fingerprint density at radius 3 is 2.53 bits per heavy atom. The molecule has 0 aliphatic heterocycles. The summed E-state index contributed by atoms with van der Waals surface area (Å²) in [5, 5.41) is 2.72. The minimum Gasteiger partial charge on any atom is -0.366 e. The van der Waals surface area contributed by atoms with E-state index in [2.05, 4.69) is 5.32 Å². The maximum absolute atomic E-state index is 11.8. The lowest BCUT2D eigenvalue weighted by Gasteiger charge is -2.13. The van der Waals surface area contributed by atoms with Crippen LogP contribution in [0.5, 0.6) is 0 Å². The van der Waals surface area contributed by atoms with E-state index in [1.165, 1.54) is 0 Å². The van der Waals surface area contributed by atoms with Crippen molar-refractivity contribution in [1.29, 1.82) is 0 Å². The van der Waals surface area contributed by atoms with E-state index >= 15 is 0 Å². The van der Waals surface area contributed by atoms with Crippen molar-refractivity contribution in [3.63, 3.8) is 0 Å². The number of carbonyl (C=O) groups is 2. The molecule has 1 atom stereocenters. The topological polar surface area (TPSA) is 98.2 Å². The van der Waals surface area contributed by atoms with Gasteiger partial charge in [0.15, 0.2) is 0 Å². The van der Waals surface area contributed by atoms with E-state index in [-0.39, 0.29) is 18.3 Å². The fraction of sp³-hybridized carbons (Fsp3) is 0.385. The first-order valence-corrected chi connectivity index (χ1v) is 5.92. The summed E-state index contributed by atoms with van der Waals surface area (Å²) >= 11 is 0. The quantitative estimate of drug-likeness (QED) is 0.766. The summed E-state index contributed by atoms with van der Waals surface area (Å²) in [6.45, 7) is 3.80. The maximum Gasteiger partial charge on any atom is 0.248 e. The molecule has 0 aliphatic rings. The van der Waals surface area contributed by atoms with E-state index in [1.54, 1.807) is 18.2 Å². The first-order valence-electron chi connectivity index (χ1n) is 5.92. The van der Waals surface area contributed by atoms with Gasteiger partial charge in [-0.3, -0.25) is 9.59 Å². The number of nitrogens with one attached hydrogen (secondary N) is 1. The third-order valence-electron chi connectivity index (χ3n) is 2.72. The second-order valence-corrected chi connectivity index (χ2v) is 4.28. The van der Waals surface area contributed by atoms with Gasteiger partial charge in [-0.25, -0.2) is 0 Å². The molecule has 1 aromatic rings. The average Bonchev–Trinajstić information content (AvgIpc) is 2.31. The number of nitrogens with two attached hydrogens (primary N) is 2. The van der Waals surface area contributed by atoms with E-state index in [0.717, 1.165) is 12.0 Å². The smallest absolute Gasteiger partial charge is 0.248 e. The summed E-state index contributed by atoms with van der Waals surface area (Å²) in [7, 11) is 0. The van der Waals surface area contributed by atoms with Crippen molar-refractivity contribution in [3.8, 4) is 0 Å². The van der Waals surface area contributed by atoms with Crippen molar-refractivity contribution in [2.45, 2.75) is 32.7 Å². The van der Waals surface area contributed by atoms with E-state index in [9.17, 15) is 9.59 Å². The molecule has 0 aliphatic carbocycles. The van der Waals surface area contributed by atoms with Crippen molar-refractivity contribution >= 4 is 29.9 Å². The molecule has 19 heavy (non-hydrogen) atoms. The van der Waals surface area contributed by atoms with Gasteiger partial charge >= 0.3 is 0 Å². The molecule has 5 nitrogen and oxygen atoms in total. The highest BCUT2D eigenvalue weighted by molar-refractivity contribution is 5.98. The molecule has 0 heterocycles. The lowest BCUT2D eigenvalue weighted by atomic mass is 10.1. The van der Waals surface area contributed by atoms with Crippen LogP contribution in [0.2, 0.25) is 0 Å². The number of hydrogen-bond acceptors (Lipinski definition) is 3. The first-order chi connectivity index (χ1) is 8.45. The number of carbonyl (C=O) groups excluding carboxylic acids is 2. The fourth-order valence-corrected chi connectivity index (χ4v) is 1.58. The summed E-state index contributed by atoms with van der Waals surface area (Å²) in [6.07, 6.45) is 1.47. The van der Waals surface area contributed by atoms with Crippen LogP contribution in [0, 0.1) is 6.92 Å². The summed E-state index contributed by atoms with van der Waals surface area (Å²) < 4.78 is 0. The van der Waals surface area contributed by atoms with Crippen LogP contribution in [0.15, 0.2) is 18.2 Å². The van der Waals surface area contributed by atoms with Gasteiger partial charge in [0, 0.05) is 11.3 Å². The zero-order chi connectivity index (χ0) is 13.7. The third-order valence-corrected chi connectivity index (χ3v) is 2.72. The van der Waals surface area contributed by atoms with E-state index in [0.29, 0.717) is 17.7 Å². The van der Waals surface area contributed by atoms with Gasteiger partial charge in [0.2, 0.25) is 11.8 Å². The maximum atomic E-state index is 11.8. The van der Waals surface area contributed by atoms with Crippen molar-refractivity contribution in [2.24, 2.45) is 11.5 Å². The number of anilines is 1. The summed E-state index contributed by atoms with van der Waals surface area (Å²) in [5.74, 6) is -0.773. The molecule has 106 valence electrons. The van der Waals surface area contributed by atoms with Gasteiger partial charge in [-0.1, -0.05) is 19.4 Å². The summed E-state index contributed by atoms with van der Waals surface area (Å²) in [4.78, 5) is 22.9. The number of amides is 2. The van der Waals surface area contributed by atoms with Crippen LogP contribution >= 0.6 is 12.4 Å². The van der Waals surface area contributed by atoms with E-state index < -0.39 is 11.9 Å². The van der Waals surface area contributed by atoms with Crippen LogP contribution in [0.25, 0.3) is 0 Å². The lowest BCUT2D eigenvalue weighted by Crippen LogP contribution is -2.35. The SMILES string of the molecule is CCCC(N)C(=O)Nc1cc(C(N)=O)ccc1C.Cl. The van der Waals surface area contributed by atoms with Gasteiger partial charge in [0.1, 0.15) is 0 Å².